The fraction of sp³-hybridized carbons (Fsp3) is 0.348. The van der Waals surface area contributed by atoms with Crippen LogP contribution in [0.3, 0.4) is 0 Å². The third kappa shape index (κ3) is 6.89. The fourth-order valence-corrected chi connectivity index (χ4v) is 2.54. The molecule has 0 unspecified atom stereocenters. The van der Waals surface area contributed by atoms with E-state index in [2.05, 4.69) is 43.9 Å². The number of likely N-dealkylation sites (N-methyl/N-ethyl adjacent to an activating group) is 1. The Bertz CT molecular complexity index is 757. The molecule has 1 N–H and O–H groups in total. The van der Waals surface area contributed by atoms with Crippen molar-refractivity contribution in [2.75, 3.05) is 20.1 Å². The van der Waals surface area contributed by atoms with Crippen LogP contribution in [0.5, 0.6) is 0 Å². The van der Waals surface area contributed by atoms with Crippen LogP contribution in [0.25, 0.3) is 5.57 Å². The molecule has 0 aliphatic rings. The maximum absolute atomic E-state index is 13.6. The highest BCUT2D eigenvalue weighted by atomic mass is 19.1. The zero-order valence-corrected chi connectivity index (χ0v) is 17.3. The highest BCUT2D eigenvalue weighted by Crippen LogP contribution is 2.21. The Morgan fingerprint density at radius 3 is 2.56 bits per heavy atom. The first-order chi connectivity index (χ1) is 12.7. The summed E-state index contributed by atoms with van der Waals surface area (Å²) < 4.78 is 13.6. The molecule has 146 valence electrons. The van der Waals surface area contributed by atoms with Gasteiger partial charge in [-0.05, 0) is 54.8 Å². The molecule has 27 heavy (non-hydrogen) atoms. The van der Waals surface area contributed by atoms with Crippen LogP contribution in [0.1, 0.15) is 31.9 Å². The summed E-state index contributed by atoms with van der Waals surface area (Å²) in [6, 6.07) is 4.74. The van der Waals surface area contributed by atoms with Crippen molar-refractivity contribution in [3.8, 4) is 0 Å². The van der Waals surface area contributed by atoms with E-state index in [0.717, 1.165) is 40.2 Å². The normalized spacial score (nSPS) is 12.1. The average molecular weight is 370 g/mol. The summed E-state index contributed by atoms with van der Waals surface area (Å²) in [6.07, 6.45) is 3.67. The highest BCUT2D eigenvalue weighted by molar-refractivity contribution is 6.01. The smallest absolute Gasteiger partial charge is 0.123 e. The van der Waals surface area contributed by atoms with Crippen molar-refractivity contribution in [1.82, 2.24) is 10.2 Å². The first-order valence-corrected chi connectivity index (χ1v) is 9.12. The number of aryl methyl sites for hydroxylation is 1. The lowest BCUT2D eigenvalue weighted by Crippen LogP contribution is -2.19. The Balaban J connectivity index is 3.13. The number of nitrogens with zero attached hydrogens (tertiary/aromatic N) is 2. The zero-order valence-electron chi connectivity index (χ0n) is 17.3. The Kier molecular flexibility index (Phi) is 8.73. The first kappa shape index (κ1) is 22.4. The van der Waals surface area contributed by atoms with Crippen molar-refractivity contribution in [3.05, 3.63) is 78.6 Å². The molecule has 1 aromatic rings. The summed E-state index contributed by atoms with van der Waals surface area (Å²) in [5.41, 5.74) is 5.20. The van der Waals surface area contributed by atoms with Crippen LogP contribution < -0.4 is 5.32 Å². The third-order valence-electron chi connectivity index (χ3n) is 4.19. The van der Waals surface area contributed by atoms with E-state index < -0.39 is 0 Å². The molecule has 0 bridgehead atoms. The minimum absolute atomic E-state index is 0.265. The molecule has 0 radical (unpaired) electrons. The molecule has 1 rings (SSSR count). The Hall–Kier alpha value is -2.62. The highest BCUT2D eigenvalue weighted by Gasteiger charge is 2.11. The van der Waals surface area contributed by atoms with E-state index in [-0.39, 0.29) is 5.82 Å². The fourth-order valence-electron chi connectivity index (χ4n) is 2.54. The van der Waals surface area contributed by atoms with Gasteiger partial charge in [0.25, 0.3) is 0 Å². The SMILES string of the molecule is C=CN(/C=C(\C(=C)NC)C(C)=NCC(C)C)CC(=C)c1cc(F)ccc1C. The number of halogens is 1. The van der Waals surface area contributed by atoms with Gasteiger partial charge >= 0.3 is 0 Å². The van der Waals surface area contributed by atoms with Crippen molar-refractivity contribution < 1.29 is 4.39 Å². The minimum atomic E-state index is -0.265. The van der Waals surface area contributed by atoms with Crippen molar-refractivity contribution in [2.45, 2.75) is 27.7 Å². The number of nitrogens with one attached hydrogen (secondary N) is 1. The number of hydrogen-bond donors (Lipinski definition) is 1. The van der Waals surface area contributed by atoms with E-state index in [0.29, 0.717) is 12.5 Å². The van der Waals surface area contributed by atoms with Gasteiger partial charge in [-0.25, -0.2) is 4.39 Å². The standard InChI is InChI=1S/C23H32FN3/c1-9-27(14-18(5)22-12-21(24)11-10-17(22)4)15-23(19(6)25-8)20(7)26-13-16(2)3/h9-12,15-16,25H,1,5-6,13-14H2,2-4,7-8H3/b23-15+,26-20?. The summed E-state index contributed by atoms with van der Waals surface area (Å²) in [7, 11) is 1.83. The van der Waals surface area contributed by atoms with Gasteiger partial charge in [0, 0.05) is 43.3 Å². The van der Waals surface area contributed by atoms with Crippen molar-refractivity contribution >= 4 is 11.3 Å². The Morgan fingerprint density at radius 1 is 1.33 bits per heavy atom. The molecule has 0 aliphatic carbocycles. The average Bonchev–Trinajstić information content (AvgIpc) is 2.64. The second-order valence-corrected chi connectivity index (χ2v) is 7.01. The topological polar surface area (TPSA) is 27.6 Å². The monoisotopic (exact) mass is 369 g/mol. The summed E-state index contributed by atoms with van der Waals surface area (Å²) in [6.45, 7) is 21.5. The van der Waals surface area contributed by atoms with Crippen molar-refractivity contribution in [2.24, 2.45) is 10.9 Å². The van der Waals surface area contributed by atoms with Crippen LogP contribution in [0.2, 0.25) is 0 Å². The second kappa shape index (κ2) is 10.5. The number of allylic oxidation sites excluding steroid dienone is 1. The van der Waals surface area contributed by atoms with E-state index in [1.807, 2.05) is 32.0 Å². The largest absolute Gasteiger partial charge is 0.388 e. The summed E-state index contributed by atoms with van der Waals surface area (Å²) in [4.78, 5) is 6.57. The van der Waals surface area contributed by atoms with E-state index >= 15 is 0 Å². The summed E-state index contributed by atoms with van der Waals surface area (Å²) >= 11 is 0. The molecule has 0 atom stereocenters. The van der Waals surface area contributed by atoms with Gasteiger partial charge < -0.3 is 10.2 Å². The van der Waals surface area contributed by atoms with E-state index in [9.17, 15) is 4.39 Å². The number of rotatable bonds is 10. The van der Waals surface area contributed by atoms with Crippen LogP contribution in [-0.4, -0.2) is 30.7 Å². The van der Waals surface area contributed by atoms with Crippen molar-refractivity contribution in [1.29, 1.82) is 0 Å². The van der Waals surface area contributed by atoms with Crippen molar-refractivity contribution in [3.63, 3.8) is 0 Å². The van der Waals surface area contributed by atoms with Gasteiger partial charge in [-0.15, -0.1) is 0 Å². The molecule has 0 heterocycles. The molecule has 0 amide bonds. The lowest BCUT2D eigenvalue weighted by Gasteiger charge is -2.21. The maximum Gasteiger partial charge on any atom is 0.123 e. The van der Waals surface area contributed by atoms with E-state index in [4.69, 9.17) is 0 Å². The first-order valence-electron chi connectivity index (χ1n) is 9.12. The summed E-state index contributed by atoms with van der Waals surface area (Å²) in [5, 5.41) is 3.09. The molecule has 0 spiro atoms. The van der Waals surface area contributed by atoms with Crippen LogP contribution in [-0.2, 0) is 0 Å². The van der Waals surface area contributed by atoms with E-state index in [1.165, 1.54) is 12.1 Å². The molecule has 0 fully saturated rings. The van der Waals surface area contributed by atoms with Gasteiger partial charge in [-0.1, -0.05) is 39.7 Å². The number of hydrogen-bond acceptors (Lipinski definition) is 3. The minimum Gasteiger partial charge on any atom is -0.388 e. The molecule has 0 aromatic heterocycles. The molecular formula is C23H32FN3. The Morgan fingerprint density at radius 2 is 2.00 bits per heavy atom. The number of aliphatic imine (C=N–C) groups is 1. The van der Waals surface area contributed by atoms with Crippen LogP contribution >= 0.6 is 0 Å². The molecular weight excluding hydrogens is 337 g/mol. The molecule has 0 saturated heterocycles. The molecule has 3 nitrogen and oxygen atoms in total. The van der Waals surface area contributed by atoms with Gasteiger partial charge in [0.15, 0.2) is 0 Å². The quantitative estimate of drug-likeness (QED) is 0.446. The molecule has 0 aliphatic heterocycles. The summed E-state index contributed by atoms with van der Waals surface area (Å²) in [5.74, 6) is 0.216. The second-order valence-electron chi connectivity index (χ2n) is 7.01. The third-order valence-corrected chi connectivity index (χ3v) is 4.19. The van der Waals surface area contributed by atoms with Gasteiger partial charge in [-0.3, -0.25) is 4.99 Å². The van der Waals surface area contributed by atoms with Crippen LogP contribution in [0, 0.1) is 18.7 Å². The zero-order chi connectivity index (χ0) is 20.6. The van der Waals surface area contributed by atoms with Gasteiger partial charge in [0.05, 0.1) is 0 Å². The molecule has 1 aromatic carbocycles. The van der Waals surface area contributed by atoms with Crippen LogP contribution in [0.15, 0.2) is 66.6 Å². The molecule has 0 saturated carbocycles. The van der Waals surface area contributed by atoms with Gasteiger partial charge in [0.1, 0.15) is 5.82 Å². The maximum atomic E-state index is 13.6. The van der Waals surface area contributed by atoms with Crippen LogP contribution in [0.4, 0.5) is 4.39 Å². The van der Waals surface area contributed by atoms with Gasteiger partial charge in [0.2, 0.25) is 0 Å². The van der Waals surface area contributed by atoms with Gasteiger partial charge in [-0.2, -0.15) is 0 Å². The Labute approximate surface area is 163 Å². The van der Waals surface area contributed by atoms with E-state index in [1.54, 1.807) is 12.3 Å². The predicted molar refractivity (Wildman–Crippen MR) is 116 cm³/mol. The lowest BCUT2D eigenvalue weighted by molar-refractivity contribution is 0.572. The predicted octanol–water partition coefficient (Wildman–Crippen LogP) is 5.33. The number of benzene rings is 1. The lowest BCUT2D eigenvalue weighted by atomic mass is 10.0. The molecule has 4 heteroatoms.